The Morgan fingerprint density at radius 1 is 1.58 bits per heavy atom. The summed E-state index contributed by atoms with van der Waals surface area (Å²) < 4.78 is 0. The van der Waals surface area contributed by atoms with Gasteiger partial charge in [-0.3, -0.25) is 4.90 Å². The molecular formula is C9H18N2O. The van der Waals surface area contributed by atoms with E-state index in [0.29, 0.717) is 6.04 Å². The Morgan fingerprint density at radius 3 is 2.83 bits per heavy atom. The van der Waals surface area contributed by atoms with Crippen molar-refractivity contribution in [1.82, 2.24) is 10.2 Å². The number of nitrogens with one attached hydrogen (secondary N) is 1. The minimum atomic E-state index is -0.303. The zero-order valence-corrected chi connectivity index (χ0v) is 7.71. The number of nitrogens with zero attached hydrogens (tertiary/aromatic N) is 1. The Kier molecular flexibility index (Phi) is 2.10. The van der Waals surface area contributed by atoms with Gasteiger partial charge in [0.05, 0.1) is 5.60 Å². The van der Waals surface area contributed by atoms with Gasteiger partial charge in [-0.1, -0.05) is 0 Å². The summed E-state index contributed by atoms with van der Waals surface area (Å²) in [5.41, 5.74) is -0.303. The minimum absolute atomic E-state index is 0.303. The molecular weight excluding hydrogens is 152 g/mol. The highest BCUT2D eigenvalue weighted by Crippen LogP contribution is 2.36. The molecule has 70 valence electrons. The van der Waals surface area contributed by atoms with Crippen LogP contribution in [0, 0.1) is 0 Å². The Morgan fingerprint density at radius 2 is 2.33 bits per heavy atom. The van der Waals surface area contributed by atoms with E-state index in [1.807, 2.05) is 7.05 Å². The second-order valence-electron chi connectivity index (χ2n) is 4.23. The topological polar surface area (TPSA) is 35.5 Å². The van der Waals surface area contributed by atoms with E-state index in [2.05, 4.69) is 10.2 Å². The van der Waals surface area contributed by atoms with Crippen molar-refractivity contribution in [3.05, 3.63) is 0 Å². The molecule has 0 amide bonds. The molecule has 0 radical (unpaired) electrons. The van der Waals surface area contributed by atoms with E-state index >= 15 is 0 Å². The van der Waals surface area contributed by atoms with Gasteiger partial charge in [-0.25, -0.2) is 0 Å². The minimum Gasteiger partial charge on any atom is -0.389 e. The molecule has 0 spiro atoms. The zero-order chi connectivity index (χ0) is 8.60. The van der Waals surface area contributed by atoms with Crippen LogP contribution in [0.3, 0.4) is 0 Å². The van der Waals surface area contributed by atoms with Gasteiger partial charge < -0.3 is 10.4 Å². The average molecular weight is 170 g/mol. The molecule has 1 atom stereocenters. The third kappa shape index (κ3) is 1.79. The first kappa shape index (κ1) is 8.48. The Balaban J connectivity index is 1.76. The van der Waals surface area contributed by atoms with Crippen molar-refractivity contribution >= 4 is 0 Å². The van der Waals surface area contributed by atoms with Gasteiger partial charge in [0.2, 0.25) is 0 Å². The third-order valence-corrected chi connectivity index (χ3v) is 3.03. The van der Waals surface area contributed by atoms with Gasteiger partial charge in [0.25, 0.3) is 0 Å². The van der Waals surface area contributed by atoms with E-state index in [4.69, 9.17) is 0 Å². The molecule has 2 fully saturated rings. The largest absolute Gasteiger partial charge is 0.389 e. The number of β-amino-alcohol motifs (C(OH)–C–C–N with tert-alkyl or cyclic N) is 1. The van der Waals surface area contributed by atoms with Crippen LogP contribution >= 0.6 is 0 Å². The molecule has 1 saturated carbocycles. The number of aliphatic hydroxyl groups is 1. The van der Waals surface area contributed by atoms with Crippen LogP contribution in [0.2, 0.25) is 0 Å². The van der Waals surface area contributed by atoms with Crippen LogP contribution in [0.25, 0.3) is 0 Å². The van der Waals surface area contributed by atoms with E-state index in [1.54, 1.807) is 0 Å². The van der Waals surface area contributed by atoms with Crippen LogP contribution < -0.4 is 5.32 Å². The zero-order valence-electron chi connectivity index (χ0n) is 7.71. The van der Waals surface area contributed by atoms with Crippen molar-refractivity contribution in [2.45, 2.75) is 30.9 Å². The first-order valence-electron chi connectivity index (χ1n) is 4.84. The second kappa shape index (κ2) is 2.98. The summed E-state index contributed by atoms with van der Waals surface area (Å²) in [5, 5.41) is 13.0. The van der Waals surface area contributed by atoms with E-state index in [9.17, 15) is 5.11 Å². The predicted octanol–water partition coefficient (Wildman–Crippen LogP) is -0.195. The normalized spacial score (nSPS) is 34.0. The predicted molar refractivity (Wildman–Crippen MR) is 48.1 cm³/mol. The van der Waals surface area contributed by atoms with Crippen LogP contribution in [0.15, 0.2) is 0 Å². The highest BCUT2D eigenvalue weighted by Gasteiger charge is 2.42. The first-order chi connectivity index (χ1) is 5.72. The van der Waals surface area contributed by atoms with Crippen LogP contribution in [0.4, 0.5) is 0 Å². The quantitative estimate of drug-likeness (QED) is 0.616. The van der Waals surface area contributed by atoms with Crippen molar-refractivity contribution in [3.8, 4) is 0 Å². The van der Waals surface area contributed by atoms with Gasteiger partial charge in [0.1, 0.15) is 0 Å². The highest BCUT2D eigenvalue weighted by molar-refractivity contribution is 4.97. The number of likely N-dealkylation sites (tertiary alicyclic amines) is 1. The van der Waals surface area contributed by atoms with Gasteiger partial charge in [0.15, 0.2) is 0 Å². The van der Waals surface area contributed by atoms with E-state index in [-0.39, 0.29) is 5.60 Å². The molecule has 2 aliphatic rings. The molecule has 1 unspecified atom stereocenters. The summed E-state index contributed by atoms with van der Waals surface area (Å²) in [6, 6.07) is 0.646. The Labute approximate surface area is 73.8 Å². The summed E-state index contributed by atoms with van der Waals surface area (Å²) in [4.78, 5) is 2.37. The lowest BCUT2D eigenvalue weighted by molar-refractivity contribution is 0.102. The molecule has 1 heterocycles. The molecule has 1 saturated heterocycles. The maximum Gasteiger partial charge on any atom is 0.0776 e. The molecule has 12 heavy (non-hydrogen) atoms. The van der Waals surface area contributed by atoms with Gasteiger partial charge in [-0.05, 0) is 32.9 Å². The van der Waals surface area contributed by atoms with Gasteiger partial charge in [-0.2, -0.15) is 0 Å². The van der Waals surface area contributed by atoms with Crippen LogP contribution in [0.1, 0.15) is 19.3 Å². The fraction of sp³-hybridized carbons (Fsp3) is 1.00. The number of hydrogen-bond donors (Lipinski definition) is 2. The SMILES string of the molecule is CNC1CCN(CC2(O)CC2)C1. The van der Waals surface area contributed by atoms with E-state index in [0.717, 1.165) is 32.5 Å². The molecule has 0 aromatic rings. The fourth-order valence-corrected chi connectivity index (χ4v) is 1.93. The number of hydrogen-bond acceptors (Lipinski definition) is 3. The molecule has 1 aliphatic carbocycles. The molecule has 3 heteroatoms. The summed E-state index contributed by atoms with van der Waals surface area (Å²) in [6.07, 6.45) is 3.24. The van der Waals surface area contributed by atoms with Crippen LogP contribution in [-0.2, 0) is 0 Å². The molecule has 0 aromatic carbocycles. The number of likely N-dealkylation sites (N-methyl/N-ethyl adjacent to an activating group) is 1. The maximum absolute atomic E-state index is 9.69. The monoisotopic (exact) mass is 170 g/mol. The van der Waals surface area contributed by atoms with Gasteiger partial charge in [0, 0.05) is 19.1 Å². The van der Waals surface area contributed by atoms with Crippen molar-refractivity contribution in [3.63, 3.8) is 0 Å². The smallest absolute Gasteiger partial charge is 0.0776 e. The van der Waals surface area contributed by atoms with Crippen molar-refractivity contribution in [2.75, 3.05) is 26.7 Å². The molecule has 3 nitrogen and oxygen atoms in total. The van der Waals surface area contributed by atoms with Gasteiger partial charge >= 0.3 is 0 Å². The third-order valence-electron chi connectivity index (χ3n) is 3.03. The summed E-state index contributed by atoms with van der Waals surface area (Å²) in [7, 11) is 2.01. The fourth-order valence-electron chi connectivity index (χ4n) is 1.93. The number of rotatable bonds is 3. The first-order valence-corrected chi connectivity index (χ1v) is 4.84. The van der Waals surface area contributed by atoms with Crippen LogP contribution in [-0.4, -0.2) is 48.3 Å². The maximum atomic E-state index is 9.69. The molecule has 1 aliphatic heterocycles. The lowest BCUT2D eigenvalue weighted by Gasteiger charge is -2.19. The molecule has 2 N–H and O–H groups in total. The summed E-state index contributed by atoms with van der Waals surface area (Å²) in [6.45, 7) is 3.15. The van der Waals surface area contributed by atoms with Crippen molar-refractivity contribution < 1.29 is 5.11 Å². The van der Waals surface area contributed by atoms with Crippen molar-refractivity contribution in [2.24, 2.45) is 0 Å². The summed E-state index contributed by atoms with van der Waals surface area (Å²) in [5.74, 6) is 0. The standard InChI is InChI=1S/C9H18N2O/c1-10-8-2-5-11(6-8)7-9(12)3-4-9/h8,10,12H,2-7H2,1H3. The van der Waals surface area contributed by atoms with Crippen molar-refractivity contribution in [1.29, 1.82) is 0 Å². The Bertz CT molecular complexity index is 168. The molecule has 0 aromatic heterocycles. The van der Waals surface area contributed by atoms with E-state index in [1.165, 1.54) is 6.42 Å². The van der Waals surface area contributed by atoms with Gasteiger partial charge in [-0.15, -0.1) is 0 Å². The Hall–Kier alpha value is -0.120. The molecule has 2 rings (SSSR count). The average Bonchev–Trinajstić information content (AvgIpc) is 2.63. The van der Waals surface area contributed by atoms with E-state index < -0.39 is 0 Å². The molecule has 0 bridgehead atoms. The summed E-state index contributed by atoms with van der Waals surface area (Å²) >= 11 is 0. The lowest BCUT2D eigenvalue weighted by atomic mass is 10.3. The lowest BCUT2D eigenvalue weighted by Crippen LogP contribution is -2.35. The highest BCUT2D eigenvalue weighted by atomic mass is 16.3. The van der Waals surface area contributed by atoms with Crippen LogP contribution in [0.5, 0.6) is 0 Å². The second-order valence-corrected chi connectivity index (χ2v) is 4.23.